The fourth-order valence-electron chi connectivity index (χ4n) is 2.27. The van der Waals surface area contributed by atoms with Gasteiger partial charge in [-0.25, -0.2) is 0 Å². The van der Waals surface area contributed by atoms with Gasteiger partial charge < -0.3 is 4.74 Å². The van der Waals surface area contributed by atoms with E-state index in [-0.39, 0.29) is 18.0 Å². The zero-order valence-corrected chi connectivity index (χ0v) is 10.8. The van der Waals surface area contributed by atoms with Crippen LogP contribution in [0.25, 0.3) is 0 Å². The fourth-order valence-corrected chi connectivity index (χ4v) is 2.27. The van der Waals surface area contributed by atoms with Gasteiger partial charge >= 0.3 is 0 Å². The molecule has 0 amide bonds. The lowest BCUT2D eigenvalue weighted by molar-refractivity contribution is -0.128. The van der Waals surface area contributed by atoms with Crippen molar-refractivity contribution in [3.05, 3.63) is 34.9 Å². The summed E-state index contributed by atoms with van der Waals surface area (Å²) < 4.78 is 5.60. The van der Waals surface area contributed by atoms with E-state index in [9.17, 15) is 4.79 Å². The molecule has 0 aliphatic carbocycles. The second-order valence-corrected chi connectivity index (χ2v) is 5.07. The van der Waals surface area contributed by atoms with Gasteiger partial charge in [0, 0.05) is 6.42 Å². The standard InChI is InChI=1S/C15H20O2/c1-10-4-6-13(8-11(10)2)9-14(16)15-7-5-12(3)17-15/h4,6,8,12,15H,5,7,9H2,1-3H3. The third-order valence-electron chi connectivity index (χ3n) is 3.54. The lowest BCUT2D eigenvalue weighted by Crippen LogP contribution is -2.22. The number of ether oxygens (including phenoxy) is 1. The monoisotopic (exact) mass is 232 g/mol. The van der Waals surface area contributed by atoms with Crippen LogP contribution in [0.4, 0.5) is 0 Å². The molecule has 0 spiro atoms. The van der Waals surface area contributed by atoms with E-state index in [1.165, 1.54) is 11.1 Å². The summed E-state index contributed by atoms with van der Waals surface area (Å²) in [6.07, 6.45) is 2.45. The summed E-state index contributed by atoms with van der Waals surface area (Å²) in [6, 6.07) is 6.22. The zero-order chi connectivity index (χ0) is 12.4. The van der Waals surface area contributed by atoms with Crippen molar-refractivity contribution in [1.29, 1.82) is 0 Å². The Bertz CT molecular complexity index is 423. The van der Waals surface area contributed by atoms with Crippen molar-refractivity contribution in [2.45, 2.75) is 52.2 Å². The fraction of sp³-hybridized carbons (Fsp3) is 0.533. The predicted octanol–water partition coefficient (Wildman–Crippen LogP) is 2.98. The minimum Gasteiger partial charge on any atom is -0.367 e. The first-order valence-corrected chi connectivity index (χ1v) is 6.30. The maximum absolute atomic E-state index is 12.0. The van der Waals surface area contributed by atoms with Crippen LogP contribution in [0.1, 0.15) is 36.5 Å². The van der Waals surface area contributed by atoms with E-state index >= 15 is 0 Å². The summed E-state index contributed by atoms with van der Waals surface area (Å²) in [5.74, 6) is 0.220. The van der Waals surface area contributed by atoms with Gasteiger partial charge in [0.05, 0.1) is 6.10 Å². The summed E-state index contributed by atoms with van der Waals surface area (Å²) in [7, 11) is 0. The molecule has 1 aliphatic rings. The third kappa shape index (κ3) is 2.95. The molecule has 1 heterocycles. The molecule has 17 heavy (non-hydrogen) atoms. The van der Waals surface area contributed by atoms with Crippen LogP contribution in [0.2, 0.25) is 0 Å². The minimum absolute atomic E-state index is 0.174. The predicted molar refractivity (Wildman–Crippen MR) is 68.2 cm³/mol. The number of benzene rings is 1. The van der Waals surface area contributed by atoms with Crippen molar-refractivity contribution >= 4 is 5.78 Å². The van der Waals surface area contributed by atoms with E-state index in [1.807, 2.05) is 13.0 Å². The number of aryl methyl sites for hydroxylation is 2. The summed E-state index contributed by atoms with van der Waals surface area (Å²) >= 11 is 0. The average Bonchev–Trinajstić information content (AvgIpc) is 2.70. The molecular weight excluding hydrogens is 212 g/mol. The summed E-state index contributed by atoms with van der Waals surface area (Å²) in [6.45, 7) is 6.20. The second-order valence-electron chi connectivity index (χ2n) is 5.07. The zero-order valence-electron chi connectivity index (χ0n) is 10.8. The van der Waals surface area contributed by atoms with Gasteiger partial charge in [0.25, 0.3) is 0 Å². The molecule has 1 aromatic rings. The van der Waals surface area contributed by atoms with E-state index in [1.54, 1.807) is 0 Å². The van der Waals surface area contributed by atoms with E-state index in [4.69, 9.17) is 4.74 Å². The van der Waals surface area contributed by atoms with Crippen molar-refractivity contribution < 1.29 is 9.53 Å². The third-order valence-corrected chi connectivity index (χ3v) is 3.54. The molecule has 0 bridgehead atoms. The Balaban J connectivity index is 2.00. The molecule has 2 heteroatoms. The van der Waals surface area contributed by atoms with E-state index in [0.717, 1.165) is 18.4 Å². The second kappa shape index (κ2) is 5.01. The molecule has 1 aliphatic heterocycles. The first kappa shape index (κ1) is 12.3. The van der Waals surface area contributed by atoms with Crippen LogP contribution in [0.5, 0.6) is 0 Å². The van der Waals surface area contributed by atoms with Gasteiger partial charge in [-0.15, -0.1) is 0 Å². The van der Waals surface area contributed by atoms with Gasteiger partial charge in [0.1, 0.15) is 6.10 Å². The summed E-state index contributed by atoms with van der Waals surface area (Å²) in [4.78, 5) is 12.0. The quantitative estimate of drug-likeness (QED) is 0.801. The molecule has 0 radical (unpaired) electrons. The molecule has 0 N–H and O–H groups in total. The largest absolute Gasteiger partial charge is 0.367 e. The van der Waals surface area contributed by atoms with Gasteiger partial charge in [0.2, 0.25) is 0 Å². The Kier molecular flexibility index (Phi) is 3.63. The van der Waals surface area contributed by atoms with E-state index in [2.05, 4.69) is 26.0 Å². The Morgan fingerprint density at radius 2 is 2.06 bits per heavy atom. The highest BCUT2D eigenvalue weighted by molar-refractivity contribution is 5.85. The number of ketones is 1. The van der Waals surface area contributed by atoms with Crippen LogP contribution in [-0.2, 0) is 16.0 Å². The van der Waals surface area contributed by atoms with Crippen LogP contribution in [0, 0.1) is 13.8 Å². The molecule has 1 fully saturated rings. The Morgan fingerprint density at radius 1 is 1.29 bits per heavy atom. The van der Waals surface area contributed by atoms with Crippen molar-refractivity contribution in [3.63, 3.8) is 0 Å². The maximum Gasteiger partial charge on any atom is 0.165 e. The maximum atomic E-state index is 12.0. The molecule has 92 valence electrons. The van der Waals surface area contributed by atoms with Crippen molar-refractivity contribution in [2.24, 2.45) is 0 Å². The minimum atomic E-state index is -0.174. The van der Waals surface area contributed by atoms with Crippen LogP contribution >= 0.6 is 0 Å². The highest BCUT2D eigenvalue weighted by Gasteiger charge is 2.27. The SMILES string of the molecule is Cc1ccc(CC(=O)C2CCC(C)O2)cc1C. The topological polar surface area (TPSA) is 26.3 Å². The number of rotatable bonds is 3. The Morgan fingerprint density at radius 3 is 2.65 bits per heavy atom. The molecule has 2 unspecified atom stereocenters. The van der Waals surface area contributed by atoms with Crippen LogP contribution in [0.15, 0.2) is 18.2 Å². The average molecular weight is 232 g/mol. The van der Waals surface area contributed by atoms with E-state index < -0.39 is 0 Å². The molecule has 0 saturated carbocycles. The molecule has 2 atom stereocenters. The van der Waals surface area contributed by atoms with Gasteiger partial charge in [-0.3, -0.25) is 4.79 Å². The van der Waals surface area contributed by atoms with Crippen molar-refractivity contribution in [1.82, 2.24) is 0 Å². The summed E-state index contributed by atoms with van der Waals surface area (Å²) in [5.41, 5.74) is 3.61. The summed E-state index contributed by atoms with van der Waals surface area (Å²) in [5, 5.41) is 0. The van der Waals surface area contributed by atoms with Gasteiger partial charge in [0.15, 0.2) is 5.78 Å². The lowest BCUT2D eigenvalue weighted by atomic mass is 10.00. The molecule has 1 saturated heterocycles. The van der Waals surface area contributed by atoms with Gasteiger partial charge in [-0.2, -0.15) is 0 Å². The molecular formula is C15H20O2. The van der Waals surface area contributed by atoms with Gasteiger partial charge in [-0.05, 0) is 50.3 Å². The van der Waals surface area contributed by atoms with Crippen LogP contribution < -0.4 is 0 Å². The number of hydrogen-bond donors (Lipinski definition) is 0. The van der Waals surface area contributed by atoms with Gasteiger partial charge in [-0.1, -0.05) is 18.2 Å². The highest BCUT2D eigenvalue weighted by atomic mass is 16.5. The first-order valence-electron chi connectivity index (χ1n) is 6.30. The molecule has 1 aromatic carbocycles. The van der Waals surface area contributed by atoms with Crippen molar-refractivity contribution in [3.8, 4) is 0 Å². The first-order chi connectivity index (χ1) is 8.06. The number of carbonyl (C=O) groups excluding carboxylic acids is 1. The Labute approximate surface area is 103 Å². The molecule has 0 aromatic heterocycles. The highest BCUT2D eigenvalue weighted by Crippen LogP contribution is 2.21. The van der Waals surface area contributed by atoms with Crippen molar-refractivity contribution in [2.75, 3.05) is 0 Å². The normalized spacial score (nSPS) is 23.9. The smallest absolute Gasteiger partial charge is 0.165 e. The lowest BCUT2D eigenvalue weighted by Gasteiger charge is -2.10. The van der Waals surface area contributed by atoms with Crippen LogP contribution in [0.3, 0.4) is 0 Å². The number of Topliss-reactive ketones (excluding diaryl/α,β-unsaturated/α-hetero) is 1. The Hall–Kier alpha value is -1.15. The van der Waals surface area contributed by atoms with Crippen LogP contribution in [-0.4, -0.2) is 18.0 Å². The van der Waals surface area contributed by atoms with E-state index in [0.29, 0.717) is 6.42 Å². The molecule has 2 nitrogen and oxygen atoms in total. The number of carbonyl (C=O) groups is 1. The molecule has 2 rings (SSSR count). The number of hydrogen-bond acceptors (Lipinski definition) is 2.